The van der Waals surface area contributed by atoms with Crippen molar-refractivity contribution in [2.75, 3.05) is 14.2 Å². The molecule has 0 heterocycles. The minimum atomic E-state index is 0.406. The highest BCUT2D eigenvalue weighted by Gasteiger charge is 2.33. The first-order valence-electron chi connectivity index (χ1n) is 7.00. The molecule has 1 atom stereocenters. The van der Waals surface area contributed by atoms with E-state index in [0.717, 1.165) is 18.0 Å². The highest BCUT2D eigenvalue weighted by atomic mass is 16.5. The molecule has 0 spiro atoms. The van der Waals surface area contributed by atoms with E-state index in [9.17, 15) is 0 Å². The summed E-state index contributed by atoms with van der Waals surface area (Å²) in [6.45, 7) is 5.56. The lowest BCUT2D eigenvalue weighted by molar-refractivity contribution is 0.282. The van der Waals surface area contributed by atoms with Crippen LogP contribution in [0.4, 0.5) is 0 Å². The molecular formula is C16H25NO2. The summed E-state index contributed by atoms with van der Waals surface area (Å²) in [5.74, 6) is 1.70. The lowest BCUT2D eigenvalue weighted by Gasteiger charge is -2.28. The van der Waals surface area contributed by atoms with Crippen LogP contribution in [-0.2, 0) is 6.54 Å². The summed E-state index contributed by atoms with van der Waals surface area (Å²) in [4.78, 5) is 0. The maximum atomic E-state index is 5.30. The van der Waals surface area contributed by atoms with Crippen molar-refractivity contribution in [3.8, 4) is 11.5 Å². The molecule has 0 radical (unpaired) electrons. The van der Waals surface area contributed by atoms with Crippen LogP contribution in [0.5, 0.6) is 11.5 Å². The third kappa shape index (κ3) is 3.41. The average Bonchev–Trinajstić information content (AvgIpc) is 2.74. The Morgan fingerprint density at radius 3 is 2.26 bits per heavy atom. The normalized spacial score (nSPS) is 21.4. The third-order valence-electron chi connectivity index (χ3n) is 4.22. The van der Waals surface area contributed by atoms with Gasteiger partial charge in [0.05, 0.1) is 14.2 Å². The quantitative estimate of drug-likeness (QED) is 0.883. The van der Waals surface area contributed by atoms with Crippen LogP contribution in [-0.4, -0.2) is 20.3 Å². The minimum absolute atomic E-state index is 0.406. The fourth-order valence-corrected chi connectivity index (χ4v) is 2.91. The third-order valence-corrected chi connectivity index (χ3v) is 4.22. The molecule has 3 heteroatoms. The molecule has 1 fully saturated rings. The van der Waals surface area contributed by atoms with Gasteiger partial charge in [-0.05, 0) is 36.0 Å². The van der Waals surface area contributed by atoms with Gasteiger partial charge in [-0.25, -0.2) is 0 Å². The second-order valence-electron chi connectivity index (χ2n) is 6.04. The van der Waals surface area contributed by atoms with E-state index in [1.165, 1.54) is 24.8 Å². The Hall–Kier alpha value is -1.22. The number of methoxy groups -OCH3 is 2. The van der Waals surface area contributed by atoms with Crippen molar-refractivity contribution in [2.45, 2.75) is 45.7 Å². The molecule has 0 aliphatic heterocycles. The zero-order chi connectivity index (χ0) is 13.9. The van der Waals surface area contributed by atoms with Crippen molar-refractivity contribution in [1.82, 2.24) is 5.32 Å². The van der Waals surface area contributed by atoms with E-state index in [-0.39, 0.29) is 0 Å². The van der Waals surface area contributed by atoms with E-state index in [4.69, 9.17) is 9.47 Å². The summed E-state index contributed by atoms with van der Waals surface area (Å²) in [5, 5.41) is 3.68. The Bertz CT molecular complexity index is 407. The van der Waals surface area contributed by atoms with Gasteiger partial charge in [-0.2, -0.15) is 0 Å². The van der Waals surface area contributed by atoms with Crippen LogP contribution >= 0.6 is 0 Å². The highest BCUT2D eigenvalue weighted by molar-refractivity contribution is 5.38. The lowest BCUT2D eigenvalue weighted by atomic mass is 9.87. The first-order valence-corrected chi connectivity index (χ1v) is 7.00. The maximum Gasteiger partial charge on any atom is 0.122 e. The van der Waals surface area contributed by atoms with Gasteiger partial charge in [-0.3, -0.25) is 0 Å². The Morgan fingerprint density at radius 1 is 1.16 bits per heavy atom. The summed E-state index contributed by atoms with van der Waals surface area (Å²) in [6, 6.07) is 6.64. The number of hydrogen-bond donors (Lipinski definition) is 1. The zero-order valence-electron chi connectivity index (χ0n) is 12.5. The molecule has 1 aromatic carbocycles. The van der Waals surface area contributed by atoms with Crippen molar-refractivity contribution in [3.05, 3.63) is 23.8 Å². The Labute approximate surface area is 116 Å². The van der Waals surface area contributed by atoms with Crippen molar-refractivity contribution in [3.63, 3.8) is 0 Å². The van der Waals surface area contributed by atoms with E-state index in [1.807, 2.05) is 6.07 Å². The second kappa shape index (κ2) is 5.83. The molecule has 3 nitrogen and oxygen atoms in total. The number of rotatable bonds is 5. The molecule has 1 aliphatic carbocycles. The molecule has 0 saturated heterocycles. The van der Waals surface area contributed by atoms with Gasteiger partial charge in [0.1, 0.15) is 11.5 Å². The smallest absolute Gasteiger partial charge is 0.122 e. The molecule has 1 aliphatic rings. The summed E-state index contributed by atoms with van der Waals surface area (Å²) >= 11 is 0. The predicted molar refractivity (Wildman–Crippen MR) is 77.8 cm³/mol. The molecule has 1 saturated carbocycles. The fourth-order valence-electron chi connectivity index (χ4n) is 2.91. The van der Waals surface area contributed by atoms with Crippen molar-refractivity contribution >= 4 is 0 Å². The van der Waals surface area contributed by atoms with E-state index < -0.39 is 0 Å². The number of nitrogens with one attached hydrogen (secondary N) is 1. The largest absolute Gasteiger partial charge is 0.497 e. The molecule has 19 heavy (non-hydrogen) atoms. The van der Waals surface area contributed by atoms with Crippen LogP contribution in [0.3, 0.4) is 0 Å². The molecule has 0 bridgehead atoms. The van der Waals surface area contributed by atoms with Gasteiger partial charge in [-0.1, -0.05) is 20.3 Å². The van der Waals surface area contributed by atoms with Gasteiger partial charge >= 0.3 is 0 Å². The van der Waals surface area contributed by atoms with Crippen molar-refractivity contribution in [1.29, 1.82) is 0 Å². The van der Waals surface area contributed by atoms with Crippen LogP contribution < -0.4 is 14.8 Å². The van der Waals surface area contributed by atoms with Gasteiger partial charge in [0, 0.05) is 18.7 Å². The average molecular weight is 263 g/mol. The van der Waals surface area contributed by atoms with E-state index in [0.29, 0.717) is 11.5 Å². The van der Waals surface area contributed by atoms with Gasteiger partial charge in [0.25, 0.3) is 0 Å². The van der Waals surface area contributed by atoms with E-state index in [1.54, 1.807) is 14.2 Å². The Kier molecular flexibility index (Phi) is 4.35. The molecular weight excluding hydrogens is 238 g/mol. The fraction of sp³-hybridized carbons (Fsp3) is 0.625. The van der Waals surface area contributed by atoms with Gasteiger partial charge in [-0.15, -0.1) is 0 Å². The summed E-state index contributed by atoms with van der Waals surface area (Å²) in [5.41, 5.74) is 1.61. The number of hydrogen-bond acceptors (Lipinski definition) is 3. The van der Waals surface area contributed by atoms with Gasteiger partial charge in [0.2, 0.25) is 0 Å². The standard InChI is InChI=1S/C16H25NO2/c1-16(2)7-5-6-15(16)17-11-12-8-13(18-3)10-14(9-12)19-4/h8-10,15,17H,5-7,11H2,1-4H3. The molecule has 1 aromatic rings. The first-order chi connectivity index (χ1) is 9.05. The first kappa shape index (κ1) is 14.2. The second-order valence-corrected chi connectivity index (χ2v) is 6.04. The van der Waals surface area contributed by atoms with Crippen LogP contribution in [0.15, 0.2) is 18.2 Å². The molecule has 1 unspecified atom stereocenters. The molecule has 106 valence electrons. The molecule has 2 rings (SSSR count). The predicted octanol–water partition coefficient (Wildman–Crippen LogP) is 3.37. The van der Waals surface area contributed by atoms with Crippen LogP contribution in [0, 0.1) is 5.41 Å². The summed E-state index contributed by atoms with van der Waals surface area (Å²) in [6.07, 6.45) is 3.91. The summed E-state index contributed by atoms with van der Waals surface area (Å²) < 4.78 is 10.6. The van der Waals surface area contributed by atoms with Crippen LogP contribution in [0.1, 0.15) is 38.7 Å². The number of ether oxygens (including phenoxy) is 2. The Morgan fingerprint density at radius 2 is 1.79 bits per heavy atom. The van der Waals surface area contributed by atoms with Crippen LogP contribution in [0.2, 0.25) is 0 Å². The van der Waals surface area contributed by atoms with Gasteiger partial charge < -0.3 is 14.8 Å². The van der Waals surface area contributed by atoms with Crippen molar-refractivity contribution < 1.29 is 9.47 Å². The molecule has 1 N–H and O–H groups in total. The molecule has 0 amide bonds. The van der Waals surface area contributed by atoms with Crippen LogP contribution in [0.25, 0.3) is 0 Å². The Balaban J connectivity index is 2.03. The summed E-state index contributed by atoms with van der Waals surface area (Å²) in [7, 11) is 3.37. The maximum absolute atomic E-state index is 5.30. The number of benzene rings is 1. The minimum Gasteiger partial charge on any atom is -0.497 e. The SMILES string of the molecule is COc1cc(CNC2CCCC2(C)C)cc(OC)c1. The van der Waals surface area contributed by atoms with E-state index in [2.05, 4.69) is 31.3 Å². The van der Waals surface area contributed by atoms with Gasteiger partial charge in [0.15, 0.2) is 0 Å². The highest BCUT2D eigenvalue weighted by Crippen LogP contribution is 2.37. The monoisotopic (exact) mass is 263 g/mol. The lowest BCUT2D eigenvalue weighted by Crippen LogP contribution is -2.37. The van der Waals surface area contributed by atoms with Crippen molar-refractivity contribution in [2.24, 2.45) is 5.41 Å². The zero-order valence-corrected chi connectivity index (χ0v) is 12.5. The topological polar surface area (TPSA) is 30.5 Å². The van der Waals surface area contributed by atoms with E-state index >= 15 is 0 Å². The molecule has 0 aromatic heterocycles.